The van der Waals surface area contributed by atoms with E-state index in [2.05, 4.69) is 41.7 Å². The molecule has 3 heteroatoms. The van der Waals surface area contributed by atoms with Crippen LogP contribution < -0.4 is 10.1 Å². The first kappa shape index (κ1) is 22.0. The smallest absolute Gasteiger partial charge is 0.232 e. The zero-order chi connectivity index (χ0) is 23.3. The van der Waals surface area contributed by atoms with E-state index in [0.29, 0.717) is 0 Å². The van der Waals surface area contributed by atoms with E-state index in [1.807, 2.05) is 72.8 Å². The average Bonchev–Trinajstić information content (AvgIpc) is 2.90. The van der Waals surface area contributed by atoms with Crippen LogP contribution in [0.25, 0.3) is 0 Å². The summed E-state index contributed by atoms with van der Waals surface area (Å²) in [5, 5.41) is 3.48. The molecule has 0 radical (unpaired) electrons. The fourth-order valence-corrected chi connectivity index (χ4v) is 5.19. The Morgan fingerprint density at radius 3 is 2.15 bits per heavy atom. The van der Waals surface area contributed by atoms with Crippen LogP contribution in [0.1, 0.15) is 52.1 Å². The van der Waals surface area contributed by atoms with Crippen LogP contribution in [0.2, 0.25) is 0 Å². The standard InChI is InChI=1S/C31H29NO2/c1-34-26-17-10-16-25(21-26)28-20-19-22-11-8-9-18-27(22)30(28)32-31(33)29(23-12-4-2-5-13-23)24-14-6-3-7-15-24/h2-18,21,28-30H,19-20H2,1H3,(H,32,33)/t28-,30-/m0/s1. The second-order valence-electron chi connectivity index (χ2n) is 8.86. The van der Waals surface area contributed by atoms with Gasteiger partial charge in [-0.2, -0.15) is 0 Å². The number of carbonyl (C=O) groups is 1. The van der Waals surface area contributed by atoms with Crippen molar-refractivity contribution in [3.8, 4) is 5.75 Å². The van der Waals surface area contributed by atoms with Crippen molar-refractivity contribution < 1.29 is 9.53 Å². The number of ether oxygens (including phenoxy) is 1. The van der Waals surface area contributed by atoms with Gasteiger partial charge in [-0.3, -0.25) is 4.79 Å². The second-order valence-corrected chi connectivity index (χ2v) is 8.86. The van der Waals surface area contributed by atoms with Gasteiger partial charge in [0.1, 0.15) is 5.75 Å². The van der Waals surface area contributed by atoms with Crippen LogP contribution in [0.15, 0.2) is 109 Å². The van der Waals surface area contributed by atoms with Crippen molar-refractivity contribution in [2.45, 2.75) is 30.7 Å². The molecule has 4 aromatic rings. The molecule has 0 bridgehead atoms. The third-order valence-electron chi connectivity index (χ3n) is 6.86. The normalized spacial score (nSPS) is 17.1. The summed E-state index contributed by atoms with van der Waals surface area (Å²) in [5.41, 5.74) is 5.69. The van der Waals surface area contributed by atoms with Crippen molar-refractivity contribution in [1.29, 1.82) is 0 Å². The summed E-state index contributed by atoms with van der Waals surface area (Å²) in [4.78, 5) is 14.0. The van der Waals surface area contributed by atoms with Crippen LogP contribution in [-0.4, -0.2) is 13.0 Å². The summed E-state index contributed by atoms with van der Waals surface area (Å²) in [5.74, 6) is 0.656. The zero-order valence-electron chi connectivity index (χ0n) is 19.4. The molecule has 0 spiro atoms. The Kier molecular flexibility index (Phi) is 6.44. The fourth-order valence-electron chi connectivity index (χ4n) is 5.19. The SMILES string of the molecule is COc1cccc([C@@H]2CCc3ccccc3[C@@H]2NC(=O)C(c2ccccc2)c2ccccc2)c1. The van der Waals surface area contributed by atoms with Gasteiger partial charge in [0.2, 0.25) is 5.91 Å². The summed E-state index contributed by atoms with van der Waals surface area (Å²) in [6, 6.07) is 36.7. The van der Waals surface area contributed by atoms with Crippen LogP contribution >= 0.6 is 0 Å². The largest absolute Gasteiger partial charge is 0.497 e. The molecule has 1 aliphatic carbocycles. The van der Waals surface area contributed by atoms with Gasteiger partial charge in [-0.25, -0.2) is 0 Å². The lowest BCUT2D eigenvalue weighted by Crippen LogP contribution is -2.38. The van der Waals surface area contributed by atoms with Crippen LogP contribution in [0, 0.1) is 0 Å². The number of methoxy groups -OCH3 is 1. The molecule has 5 rings (SSSR count). The molecule has 3 nitrogen and oxygen atoms in total. The quantitative estimate of drug-likeness (QED) is 0.371. The Morgan fingerprint density at radius 1 is 0.824 bits per heavy atom. The predicted octanol–water partition coefficient (Wildman–Crippen LogP) is 6.41. The molecule has 0 unspecified atom stereocenters. The summed E-state index contributed by atoms with van der Waals surface area (Å²) < 4.78 is 5.50. The van der Waals surface area contributed by atoms with Crippen molar-refractivity contribution in [3.05, 3.63) is 137 Å². The number of aryl methyl sites for hydroxylation is 1. The lowest BCUT2D eigenvalue weighted by Gasteiger charge is -2.36. The molecule has 0 aromatic heterocycles. The molecule has 34 heavy (non-hydrogen) atoms. The maximum Gasteiger partial charge on any atom is 0.232 e. The fraction of sp³-hybridized carbons (Fsp3) is 0.194. The van der Waals surface area contributed by atoms with Crippen molar-refractivity contribution in [2.75, 3.05) is 7.11 Å². The molecule has 2 atom stereocenters. The zero-order valence-corrected chi connectivity index (χ0v) is 19.4. The summed E-state index contributed by atoms with van der Waals surface area (Å²) in [6.07, 6.45) is 1.96. The third kappa shape index (κ3) is 4.47. The number of nitrogens with one attached hydrogen (secondary N) is 1. The van der Waals surface area contributed by atoms with Gasteiger partial charge in [-0.15, -0.1) is 0 Å². The van der Waals surface area contributed by atoms with Gasteiger partial charge >= 0.3 is 0 Å². The molecule has 170 valence electrons. The Morgan fingerprint density at radius 2 is 1.47 bits per heavy atom. The molecule has 0 aliphatic heterocycles. The lowest BCUT2D eigenvalue weighted by atomic mass is 9.76. The lowest BCUT2D eigenvalue weighted by molar-refractivity contribution is -0.122. The van der Waals surface area contributed by atoms with Crippen molar-refractivity contribution in [3.63, 3.8) is 0 Å². The minimum Gasteiger partial charge on any atom is -0.497 e. The van der Waals surface area contributed by atoms with Gasteiger partial charge in [-0.1, -0.05) is 97.1 Å². The minimum absolute atomic E-state index is 0.0204. The van der Waals surface area contributed by atoms with Crippen molar-refractivity contribution in [2.24, 2.45) is 0 Å². The number of benzene rings is 4. The van der Waals surface area contributed by atoms with E-state index in [-0.39, 0.29) is 23.8 Å². The van der Waals surface area contributed by atoms with Crippen LogP contribution in [0.3, 0.4) is 0 Å². The molecule has 4 aromatic carbocycles. The first-order chi connectivity index (χ1) is 16.7. The predicted molar refractivity (Wildman–Crippen MR) is 136 cm³/mol. The minimum atomic E-state index is -0.373. The maximum absolute atomic E-state index is 14.0. The molecular weight excluding hydrogens is 418 g/mol. The van der Waals surface area contributed by atoms with Gasteiger partial charge in [0.15, 0.2) is 0 Å². The van der Waals surface area contributed by atoms with Gasteiger partial charge in [-0.05, 0) is 52.8 Å². The Bertz CT molecular complexity index is 1210. The Labute approximate surface area is 201 Å². The van der Waals surface area contributed by atoms with Gasteiger partial charge in [0.25, 0.3) is 0 Å². The molecule has 1 N–H and O–H groups in total. The van der Waals surface area contributed by atoms with E-state index < -0.39 is 0 Å². The van der Waals surface area contributed by atoms with Crippen molar-refractivity contribution in [1.82, 2.24) is 5.32 Å². The third-order valence-corrected chi connectivity index (χ3v) is 6.86. The van der Waals surface area contributed by atoms with E-state index in [4.69, 9.17) is 4.74 Å². The van der Waals surface area contributed by atoms with Gasteiger partial charge in [0, 0.05) is 5.92 Å². The Balaban J connectivity index is 1.54. The summed E-state index contributed by atoms with van der Waals surface area (Å²) in [6.45, 7) is 0. The van der Waals surface area contributed by atoms with Crippen LogP contribution in [0.5, 0.6) is 5.75 Å². The highest BCUT2D eigenvalue weighted by atomic mass is 16.5. The number of carbonyl (C=O) groups excluding carboxylic acids is 1. The summed E-state index contributed by atoms with van der Waals surface area (Å²) >= 11 is 0. The van der Waals surface area contributed by atoms with Gasteiger partial charge in [0.05, 0.1) is 19.1 Å². The number of hydrogen-bond donors (Lipinski definition) is 1. The van der Waals surface area contributed by atoms with Crippen molar-refractivity contribution >= 4 is 5.91 Å². The first-order valence-electron chi connectivity index (χ1n) is 11.9. The molecular formula is C31H29NO2. The van der Waals surface area contributed by atoms with E-state index >= 15 is 0 Å². The van der Waals surface area contributed by atoms with E-state index in [9.17, 15) is 4.79 Å². The Hall–Kier alpha value is -3.85. The van der Waals surface area contributed by atoms with Crippen LogP contribution in [-0.2, 0) is 11.2 Å². The highest BCUT2D eigenvalue weighted by molar-refractivity contribution is 5.87. The molecule has 0 fully saturated rings. The summed E-state index contributed by atoms with van der Waals surface area (Å²) in [7, 11) is 1.69. The maximum atomic E-state index is 14.0. The number of amides is 1. The highest BCUT2D eigenvalue weighted by Crippen LogP contribution is 2.42. The van der Waals surface area contributed by atoms with Gasteiger partial charge < -0.3 is 10.1 Å². The van der Waals surface area contributed by atoms with E-state index in [1.165, 1.54) is 16.7 Å². The molecule has 1 amide bonds. The molecule has 0 saturated heterocycles. The molecule has 1 aliphatic rings. The monoisotopic (exact) mass is 447 g/mol. The van der Waals surface area contributed by atoms with E-state index in [0.717, 1.165) is 29.7 Å². The van der Waals surface area contributed by atoms with Crippen LogP contribution in [0.4, 0.5) is 0 Å². The molecule has 0 heterocycles. The number of rotatable bonds is 6. The van der Waals surface area contributed by atoms with E-state index in [1.54, 1.807) is 7.11 Å². The number of fused-ring (bicyclic) bond motifs is 1. The number of hydrogen-bond acceptors (Lipinski definition) is 2. The first-order valence-corrected chi connectivity index (χ1v) is 11.9. The second kappa shape index (κ2) is 9.96. The highest BCUT2D eigenvalue weighted by Gasteiger charge is 2.34. The average molecular weight is 448 g/mol. The topological polar surface area (TPSA) is 38.3 Å². The molecule has 0 saturated carbocycles.